The van der Waals surface area contributed by atoms with Crippen molar-refractivity contribution in [2.75, 3.05) is 0 Å². The lowest BCUT2D eigenvalue weighted by atomic mass is 10.1. The lowest BCUT2D eigenvalue weighted by Gasteiger charge is -2.04. The summed E-state index contributed by atoms with van der Waals surface area (Å²) in [5.41, 5.74) is 2.67. The maximum absolute atomic E-state index is 11.3. The number of benzene rings is 1. The summed E-state index contributed by atoms with van der Waals surface area (Å²) in [6, 6.07) is 9.35. The molecule has 4 heteroatoms. The average molecular weight is 218 g/mol. The molecule has 2 aromatic rings. The highest BCUT2D eigenvalue weighted by atomic mass is 32.1. The van der Waals surface area contributed by atoms with Gasteiger partial charge >= 0.3 is 0 Å². The van der Waals surface area contributed by atoms with E-state index >= 15 is 0 Å². The first kappa shape index (κ1) is 9.86. The van der Waals surface area contributed by atoms with Crippen LogP contribution in [0.1, 0.15) is 5.56 Å². The van der Waals surface area contributed by atoms with Gasteiger partial charge in [0, 0.05) is 11.6 Å². The van der Waals surface area contributed by atoms with E-state index in [1.807, 2.05) is 31.2 Å². The zero-order valence-corrected chi connectivity index (χ0v) is 9.02. The lowest BCUT2D eigenvalue weighted by molar-refractivity contribution is 1.09. The maximum atomic E-state index is 11.3. The highest BCUT2D eigenvalue weighted by Crippen LogP contribution is 2.18. The molecule has 2 N–H and O–H groups in total. The van der Waals surface area contributed by atoms with Gasteiger partial charge in [-0.25, -0.2) is 0 Å². The molecule has 0 saturated heterocycles. The standard InChI is InChI=1S/C11H10N2OS/c1-7-4-2-3-5-8(7)9-6-10(14)13-11(15)12-9/h2-6H,1H3,(H2,12,13,14,15). The summed E-state index contributed by atoms with van der Waals surface area (Å²) in [6.07, 6.45) is 0. The van der Waals surface area contributed by atoms with Crippen LogP contribution < -0.4 is 5.56 Å². The Hall–Kier alpha value is -1.68. The van der Waals surface area contributed by atoms with Crippen LogP contribution >= 0.6 is 12.2 Å². The Morgan fingerprint density at radius 3 is 2.60 bits per heavy atom. The molecule has 76 valence electrons. The summed E-state index contributed by atoms with van der Waals surface area (Å²) in [7, 11) is 0. The van der Waals surface area contributed by atoms with Gasteiger partial charge < -0.3 is 4.98 Å². The highest BCUT2D eigenvalue weighted by Gasteiger charge is 2.01. The Kier molecular flexibility index (Phi) is 2.51. The van der Waals surface area contributed by atoms with Crippen molar-refractivity contribution in [2.45, 2.75) is 6.92 Å². The summed E-state index contributed by atoms with van der Waals surface area (Å²) < 4.78 is 0.348. The lowest BCUT2D eigenvalue weighted by Crippen LogP contribution is -2.06. The van der Waals surface area contributed by atoms with Crippen molar-refractivity contribution in [2.24, 2.45) is 0 Å². The number of aromatic amines is 2. The van der Waals surface area contributed by atoms with Crippen molar-refractivity contribution >= 4 is 12.2 Å². The van der Waals surface area contributed by atoms with Gasteiger partial charge in [-0.15, -0.1) is 0 Å². The van der Waals surface area contributed by atoms with E-state index in [1.165, 1.54) is 6.07 Å². The predicted octanol–water partition coefficient (Wildman–Crippen LogP) is 2.41. The summed E-state index contributed by atoms with van der Waals surface area (Å²) in [5.74, 6) is 0. The number of rotatable bonds is 1. The Morgan fingerprint density at radius 2 is 1.93 bits per heavy atom. The van der Waals surface area contributed by atoms with E-state index in [-0.39, 0.29) is 5.56 Å². The minimum absolute atomic E-state index is 0.183. The van der Waals surface area contributed by atoms with Crippen molar-refractivity contribution in [3.05, 3.63) is 51.0 Å². The van der Waals surface area contributed by atoms with Crippen LogP contribution in [0.4, 0.5) is 0 Å². The number of aryl methyl sites for hydroxylation is 1. The first-order valence-corrected chi connectivity index (χ1v) is 4.97. The monoisotopic (exact) mass is 218 g/mol. The summed E-state index contributed by atoms with van der Waals surface area (Å²) in [6.45, 7) is 1.99. The van der Waals surface area contributed by atoms with E-state index < -0.39 is 0 Å². The molecule has 0 bridgehead atoms. The molecule has 15 heavy (non-hydrogen) atoms. The van der Waals surface area contributed by atoms with E-state index in [1.54, 1.807) is 0 Å². The molecule has 0 spiro atoms. The van der Waals surface area contributed by atoms with Gasteiger partial charge in [0.2, 0.25) is 0 Å². The normalized spacial score (nSPS) is 10.2. The van der Waals surface area contributed by atoms with E-state index in [2.05, 4.69) is 9.97 Å². The molecule has 0 aliphatic carbocycles. The first-order chi connectivity index (χ1) is 7.16. The molecular formula is C11H10N2OS. The SMILES string of the molecule is Cc1ccccc1-c1cc(=O)[nH]c(=S)[nH]1. The third-order valence-electron chi connectivity index (χ3n) is 2.20. The number of hydrogen-bond acceptors (Lipinski definition) is 2. The second-order valence-electron chi connectivity index (χ2n) is 3.32. The highest BCUT2D eigenvalue weighted by molar-refractivity contribution is 7.71. The Morgan fingerprint density at radius 1 is 1.20 bits per heavy atom. The third-order valence-corrected chi connectivity index (χ3v) is 2.40. The maximum Gasteiger partial charge on any atom is 0.252 e. The molecule has 3 nitrogen and oxygen atoms in total. The van der Waals surface area contributed by atoms with Crippen LogP contribution in [-0.2, 0) is 0 Å². The van der Waals surface area contributed by atoms with Crippen molar-refractivity contribution in [1.82, 2.24) is 9.97 Å². The zero-order valence-electron chi connectivity index (χ0n) is 8.20. The summed E-state index contributed by atoms with van der Waals surface area (Å²) in [5, 5.41) is 0. The van der Waals surface area contributed by atoms with E-state index in [0.29, 0.717) is 4.77 Å². The molecular weight excluding hydrogens is 208 g/mol. The quantitative estimate of drug-likeness (QED) is 0.722. The van der Waals surface area contributed by atoms with Crippen LogP contribution in [-0.4, -0.2) is 9.97 Å². The van der Waals surface area contributed by atoms with Crippen LogP contribution in [0.2, 0.25) is 0 Å². The van der Waals surface area contributed by atoms with Crippen LogP contribution in [0.25, 0.3) is 11.3 Å². The zero-order chi connectivity index (χ0) is 10.8. The van der Waals surface area contributed by atoms with Crippen LogP contribution in [0.5, 0.6) is 0 Å². The summed E-state index contributed by atoms with van der Waals surface area (Å²) >= 11 is 4.92. The fraction of sp³-hybridized carbons (Fsp3) is 0.0909. The van der Waals surface area contributed by atoms with Crippen LogP contribution in [0.3, 0.4) is 0 Å². The molecule has 2 rings (SSSR count). The van der Waals surface area contributed by atoms with E-state index in [4.69, 9.17) is 12.2 Å². The fourth-order valence-electron chi connectivity index (χ4n) is 1.49. The van der Waals surface area contributed by atoms with Gasteiger partial charge in [0.15, 0.2) is 4.77 Å². The molecule has 0 unspecified atom stereocenters. The molecule has 1 aromatic heterocycles. The molecule has 1 aromatic carbocycles. The third kappa shape index (κ3) is 2.05. The van der Waals surface area contributed by atoms with Crippen molar-refractivity contribution in [1.29, 1.82) is 0 Å². The largest absolute Gasteiger partial charge is 0.332 e. The molecule has 0 radical (unpaired) electrons. The number of hydrogen-bond donors (Lipinski definition) is 2. The Labute approximate surface area is 91.8 Å². The smallest absolute Gasteiger partial charge is 0.252 e. The molecule has 0 aliphatic heterocycles. The molecule has 0 amide bonds. The van der Waals surface area contributed by atoms with E-state index in [9.17, 15) is 4.79 Å². The minimum Gasteiger partial charge on any atom is -0.332 e. The molecule has 1 heterocycles. The molecule has 0 fully saturated rings. The molecule has 0 aliphatic rings. The Bertz CT molecular complexity index is 570. The van der Waals surface area contributed by atoms with Crippen molar-refractivity contribution < 1.29 is 0 Å². The van der Waals surface area contributed by atoms with Gasteiger partial charge in [-0.05, 0) is 24.7 Å². The fourth-order valence-corrected chi connectivity index (χ4v) is 1.70. The number of aromatic nitrogens is 2. The Balaban J connectivity index is 2.70. The topological polar surface area (TPSA) is 48.6 Å². The van der Waals surface area contributed by atoms with Crippen molar-refractivity contribution in [3.63, 3.8) is 0 Å². The van der Waals surface area contributed by atoms with Gasteiger partial charge in [-0.2, -0.15) is 0 Å². The minimum atomic E-state index is -0.183. The first-order valence-electron chi connectivity index (χ1n) is 4.56. The van der Waals surface area contributed by atoms with Gasteiger partial charge in [0.1, 0.15) is 0 Å². The summed E-state index contributed by atoms with van der Waals surface area (Å²) in [4.78, 5) is 16.7. The molecule has 0 saturated carbocycles. The van der Waals surface area contributed by atoms with Gasteiger partial charge in [-0.3, -0.25) is 9.78 Å². The second-order valence-corrected chi connectivity index (χ2v) is 3.72. The van der Waals surface area contributed by atoms with Crippen LogP contribution in [0.15, 0.2) is 35.1 Å². The number of nitrogens with one attached hydrogen (secondary N) is 2. The van der Waals surface area contributed by atoms with Gasteiger partial charge in [-0.1, -0.05) is 24.3 Å². The average Bonchev–Trinajstić information content (AvgIpc) is 2.16. The molecule has 0 atom stereocenters. The number of H-pyrrole nitrogens is 2. The van der Waals surface area contributed by atoms with Gasteiger partial charge in [0.05, 0.1) is 5.69 Å². The predicted molar refractivity (Wildman–Crippen MR) is 62.4 cm³/mol. The van der Waals surface area contributed by atoms with Crippen molar-refractivity contribution in [3.8, 4) is 11.3 Å². The van der Waals surface area contributed by atoms with Gasteiger partial charge in [0.25, 0.3) is 5.56 Å². The second kappa shape index (κ2) is 3.82. The van der Waals surface area contributed by atoms with E-state index in [0.717, 1.165) is 16.8 Å². The van der Waals surface area contributed by atoms with Crippen LogP contribution in [0, 0.1) is 11.7 Å².